The predicted molar refractivity (Wildman–Crippen MR) is 84.3 cm³/mol. The smallest absolute Gasteiger partial charge is 0.253 e. The van der Waals surface area contributed by atoms with E-state index in [-0.39, 0.29) is 12.0 Å². The van der Waals surface area contributed by atoms with E-state index in [1.165, 1.54) is 19.3 Å². The van der Waals surface area contributed by atoms with Crippen LogP contribution in [0.25, 0.3) is 0 Å². The van der Waals surface area contributed by atoms with Gasteiger partial charge in [0.25, 0.3) is 5.91 Å². The SMILES string of the molecule is O=C(C1CN(c2nnc(C3CC3)s2)CCO1)N1CCCCC1. The lowest BCUT2D eigenvalue weighted by molar-refractivity contribution is -0.145. The molecule has 1 aromatic rings. The molecule has 3 aliphatic rings. The maximum atomic E-state index is 12.6. The number of ether oxygens (including phenoxy) is 1. The third-order valence-electron chi connectivity index (χ3n) is 4.64. The van der Waals surface area contributed by atoms with Gasteiger partial charge in [0, 0.05) is 25.6 Å². The van der Waals surface area contributed by atoms with Gasteiger partial charge >= 0.3 is 0 Å². The highest BCUT2D eigenvalue weighted by molar-refractivity contribution is 7.15. The van der Waals surface area contributed by atoms with E-state index in [0.717, 1.165) is 42.6 Å². The summed E-state index contributed by atoms with van der Waals surface area (Å²) in [5.41, 5.74) is 0. The number of likely N-dealkylation sites (tertiary alicyclic amines) is 1. The highest BCUT2D eigenvalue weighted by Crippen LogP contribution is 2.42. The molecule has 0 bridgehead atoms. The van der Waals surface area contributed by atoms with Gasteiger partial charge in [0.05, 0.1) is 13.2 Å². The molecule has 2 saturated heterocycles. The highest BCUT2D eigenvalue weighted by Gasteiger charge is 2.33. The monoisotopic (exact) mass is 322 g/mol. The number of hydrogen-bond acceptors (Lipinski definition) is 6. The second-order valence-corrected chi connectivity index (χ2v) is 7.38. The van der Waals surface area contributed by atoms with Crippen molar-refractivity contribution in [3.63, 3.8) is 0 Å². The van der Waals surface area contributed by atoms with Crippen LogP contribution in [-0.2, 0) is 9.53 Å². The average molecular weight is 322 g/mol. The van der Waals surface area contributed by atoms with E-state index in [2.05, 4.69) is 15.1 Å². The fraction of sp³-hybridized carbons (Fsp3) is 0.800. The summed E-state index contributed by atoms with van der Waals surface area (Å²) in [5, 5.41) is 10.7. The van der Waals surface area contributed by atoms with Crippen LogP contribution < -0.4 is 4.90 Å². The molecule has 3 heterocycles. The number of anilines is 1. The van der Waals surface area contributed by atoms with Crippen molar-refractivity contribution in [2.24, 2.45) is 0 Å². The first-order valence-electron chi connectivity index (χ1n) is 8.30. The number of aromatic nitrogens is 2. The van der Waals surface area contributed by atoms with Gasteiger partial charge in [0.1, 0.15) is 5.01 Å². The normalized spacial score (nSPS) is 26.3. The summed E-state index contributed by atoms with van der Waals surface area (Å²) in [6.45, 7) is 3.74. The number of hydrogen-bond donors (Lipinski definition) is 0. The summed E-state index contributed by atoms with van der Waals surface area (Å²) in [6.07, 6.45) is 5.60. The summed E-state index contributed by atoms with van der Waals surface area (Å²) in [6, 6.07) is 0. The molecule has 1 amide bonds. The minimum atomic E-state index is -0.347. The molecular formula is C15H22N4O2S. The largest absolute Gasteiger partial charge is 0.365 e. The van der Waals surface area contributed by atoms with E-state index >= 15 is 0 Å². The molecule has 0 aromatic carbocycles. The van der Waals surface area contributed by atoms with Crippen molar-refractivity contribution in [3.8, 4) is 0 Å². The Kier molecular flexibility index (Phi) is 4.00. The molecule has 1 aliphatic carbocycles. The molecule has 0 radical (unpaired) electrons. The van der Waals surface area contributed by atoms with Gasteiger partial charge in [-0.05, 0) is 32.1 Å². The first-order chi connectivity index (χ1) is 10.8. The Morgan fingerprint density at radius 2 is 1.95 bits per heavy atom. The predicted octanol–water partition coefficient (Wildman–Crippen LogP) is 1.63. The quantitative estimate of drug-likeness (QED) is 0.846. The van der Waals surface area contributed by atoms with Crippen molar-refractivity contribution in [2.75, 3.05) is 37.7 Å². The first kappa shape index (κ1) is 14.4. The number of rotatable bonds is 3. The van der Waals surface area contributed by atoms with E-state index in [1.807, 2.05) is 4.90 Å². The zero-order valence-corrected chi connectivity index (χ0v) is 13.6. The zero-order chi connectivity index (χ0) is 14.9. The number of amides is 1. The van der Waals surface area contributed by atoms with Gasteiger partial charge in [-0.2, -0.15) is 0 Å². The Labute approximate surface area is 134 Å². The van der Waals surface area contributed by atoms with Gasteiger partial charge in [0.2, 0.25) is 5.13 Å². The topological polar surface area (TPSA) is 58.6 Å². The zero-order valence-electron chi connectivity index (χ0n) is 12.7. The summed E-state index contributed by atoms with van der Waals surface area (Å²) in [5.74, 6) is 0.786. The van der Waals surface area contributed by atoms with Gasteiger partial charge in [-0.25, -0.2) is 0 Å². The minimum absolute atomic E-state index is 0.149. The Bertz CT molecular complexity index is 539. The van der Waals surface area contributed by atoms with Crippen LogP contribution in [0.15, 0.2) is 0 Å². The number of nitrogens with zero attached hydrogens (tertiary/aromatic N) is 4. The molecule has 6 nitrogen and oxygen atoms in total. The Morgan fingerprint density at radius 1 is 1.14 bits per heavy atom. The molecule has 2 aliphatic heterocycles. The summed E-state index contributed by atoms with van der Waals surface area (Å²) >= 11 is 1.68. The molecule has 120 valence electrons. The lowest BCUT2D eigenvalue weighted by Gasteiger charge is -2.35. The van der Waals surface area contributed by atoms with Crippen LogP contribution in [0.4, 0.5) is 5.13 Å². The van der Waals surface area contributed by atoms with Gasteiger partial charge in [-0.15, -0.1) is 10.2 Å². The molecule has 22 heavy (non-hydrogen) atoms. The van der Waals surface area contributed by atoms with E-state index in [1.54, 1.807) is 11.3 Å². The molecule has 1 unspecified atom stereocenters. The van der Waals surface area contributed by atoms with Crippen molar-refractivity contribution in [3.05, 3.63) is 5.01 Å². The van der Waals surface area contributed by atoms with Crippen molar-refractivity contribution in [2.45, 2.75) is 44.1 Å². The maximum absolute atomic E-state index is 12.6. The summed E-state index contributed by atoms with van der Waals surface area (Å²) in [4.78, 5) is 16.7. The van der Waals surface area contributed by atoms with Crippen molar-refractivity contribution >= 4 is 22.4 Å². The van der Waals surface area contributed by atoms with Crippen LogP contribution in [0, 0.1) is 0 Å². The molecule has 7 heteroatoms. The molecule has 1 saturated carbocycles. The maximum Gasteiger partial charge on any atom is 0.253 e. The Hall–Kier alpha value is -1.21. The minimum Gasteiger partial charge on any atom is -0.365 e. The molecule has 0 N–H and O–H groups in total. The fourth-order valence-corrected chi connectivity index (χ4v) is 4.19. The average Bonchev–Trinajstić information content (AvgIpc) is 3.32. The van der Waals surface area contributed by atoms with E-state index in [9.17, 15) is 4.79 Å². The van der Waals surface area contributed by atoms with Gasteiger partial charge in [-0.1, -0.05) is 11.3 Å². The molecular weight excluding hydrogens is 300 g/mol. The van der Waals surface area contributed by atoms with Crippen LogP contribution in [0.3, 0.4) is 0 Å². The summed E-state index contributed by atoms with van der Waals surface area (Å²) < 4.78 is 5.73. The van der Waals surface area contributed by atoms with Gasteiger partial charge < -0.3 is 14.5 Å². The van der Waals surface area contributed by atoms with E-state index in [0.29, 0.717) is 19.1 Å². The number of carbonyl (C=O) groups excluding carboxylic acids is 1. The lowest BCUT2D eigenvalue weighted by Crippen LogP contribution is -2.52. The molecule has 0 spiro atoms. The van der Waals surface area contributed by atoms with Crippen LogP contribution in [0.2, 0.25) is 0 Å². The second kappa shape index (κ2) is 6.12. The first-order valence-corrected chi connectivity index (χ1v) is 9.11. The van der Waals surface area contributed by atoms with Crippen molar-refractivity contribution in [1.82, 2.24) is 15.1 Å². The summed E-state index contributed by atoms with van der Waals surface area (Å²) in [7, 11) is 0. The molecule has 1 atom stereocenters. The molecule has 1 aromatic heterocycles. The van der Waals surface area contributed by atoms with E-state index in [4.69, 9.17) is 4.74 Å². The van der Waals surface area contributed by atoms with Gasteiger partial charge in [0.15, 0.2) is 6.10 Å². The fourth-order valence-electron chi connectivity index (χ4n) is 3.14. The van der Waals surface area contributed by atoms with Crippen molar-refractivity contribution in [1.29, 1.82) is 0 Å². The van der Waals surface area contributed by atoms with Crippen LogP contribution in [-0.4, -0.2) is 59.9 Å². The Balaban J connectivity index is 1.40. The van der Waals surface area contributed by atoms with Crippen molar-refractivity contribution < 1.29 is 9.53 Å². The highest BCUT2D eigenvalue weighted by atomic mass is 32.1. The second-order valence-electron chi connectivity index (χ2n) is 6.39. The molecule has 4 rings (SSSR count). The van der Waals surface area contributed by atoms with Crippen LogP contribution >= 0.6 is 11.3 Å². The van der Waals surface area contributed by atoms with E-state index < -0.39 is 0 Å². The Morgan fingerprint density at radius 3 is 2.73 bits per heavy atom. The molecule has 3 fully saturated rings. The lowest BCUT2D eigenvalue weighted by atomic mass is 10.1. The number of morpholine rings is 1. The number of piperidine rings is 1. The third-order valence-corrected chi connectivity index (χ3v) is 5.78. The third kappa shape index (κ3) is 2.96. The standard InChI is InChI=1S/C15H22N4O2S/c20-14(18-6-2-1-3-7-18)12-10-19(8-9-21-12)15-17-16-13(22-15)11-4-5-11/h11-12H,1-10H2. The number of carbonyl (C=O) groups is 1. The van der Waals surface area contributed by atoms with Crippen LogP contribution in [0.5, 0.6) is 0 Å². The van der Waals surface area contributed by atoms with Crippen LogP contribution in [0.1, 0.15) is 43.0 Å². The van der Waals surface area contributed by atoms with Gasteiger partial charge in [-0.3, -0.25) is 4.79 Å².